The Morgan fingerprint density at radius 3 is 2.63 bits per heavy atom. The second kappa shape index (κ2) is 8.63. The van der Waals surface area contributed by atoms with Crippen LogP contribution < -0.4 is 25.6 Å². The van der Waals surface area contributed by atoms with Gasteiger partial charge in [-0.15, -0.1) is 0 Å². The third kappa shape index (κ3) is 4.09. The molecule has 5 heterocycles. The number of benzene rings is 1. The third-order valence-electron chi connectivity index (χ3n) is 5.87. The highest BCUT2D eigenvalue weighted by atomic mass is 16.5. The Labute approximate surface area is 199 Å². The molecule has 6 rings (SSSR count). The maximum atomic E-state index is 11.7. The fourth-order valence-corrected chi connectivity index (χ4v) is 4.08. The predicted molar refractivity (Wildman–Crippen MR) is 123 cm³/mol. The highest BCUT2D eigenvalue weighted by molar-refractivity contribution is 6.04. The van der Waals surface area contributed by atoms with E-state index in [4.69, 9.17) is 9.15 Å². The fourth-order valence-electron chi connectivity index (χ4n) is 4.08. The molecule has 2 saturated heterocycles. The lowest BCUT2D eigenvalue weighted by atomic mass is 10.1. The van der Waals surface area contributed by atoms with Crippen LogP contribution >= 0.6 is 0 Å². The van der Waals surface area contributed by atoms with Crippen LogP contribution in [-0.4, -0.2) is 61.0 Å². The molecule has 180 valence electrons. The summed E-state index contributed by atoms with van der Waals surface area (Å²) in [5, 5.41) is 7.30. The number of pyridine rings is 1. The minimum absolute atomic E-state index is 0.0777. The van der Waals surface area contributed by atoms with Crippen LogP contribution in [0.25, 0.3) is 11.1 Å². The van der Waals surface area contributed by atoms with E-state index in [0.717, 1.165) is 16.9 Å². The lowest BCUT2D eigenvalue weighted by molar-refractivity contribution is -0.120. The molecule has 35 heavy (non-hydrogen) atoms. The number of amides is 6. The van der Waals surface area contributed by atoms with Crippen LogP contribution in [0.2, 0.25) is 0 Å². The number of imide groups is 1. The number of furan rings is 1. The Hall–Kier alpha value is -4.61. The average molecular weight is 478 g/mol. The molecule has 2 aromatic heterocycles. The Bertz CT molecular complexity index is 1370. The lowest BCUT2D eigenvalue weighted by Gasteiger charge is -2.12. The first-order chi connectivity index (χ1) is 16.8. The molecule has 0 bridgehead atoms. The van der Waals surface area contributed by atoms with Gasteiger partial charge in [-0.05, 0) is 29.8 Å². The molecule has 12 heteroatoms. The van der Waals surface area contributed by atoms with E-state index in [1.54, 1.807) is 43.3 Å². The van der Waals surface area contributed by atoms with Gasteiger partial charge in [-0.2, -0.15) is 0 Å². The van der Waals surface area contributed by atoms with E-state index in [2.05, 4.69) is 20.9 Å². The molecule has 1 aromatic carbocycles. The Balaban J connectivity index is 0.000000166. The first-order valence-electron chi connectivity index (χ1n) is 10.8. The number of fused-ring (bicyclic) bond motifs is 2. The largest absolute Gasteiger partial charge is 0.497 e. The normalized spacial score (nSPS) is 18.7. The van der Waals surface area contributed by atoms with E-state index in [0.29, 0.717) is 42.3 Å². The quantitative estimate of drug-likeness (QED) is 0.484. The first kappa shape index (κ1) is 22.2. The van der Waals surface area contributed by atoms with Crippen LogP contribution in [0.4, 0.5) is 15.4 Å². The van der Waals surface area contributed by atoms with Gasteiger partial charge in [0.25, 0.3) is 11.8 Å². The number of anilines is 1. The molecular formula is C23H22N6O6. The Kier molecular flexibility index (Phi) is 5.47. The number of carbonyl (C=O) groups excluding carboxylic acids is 4. The number of nitrogens with one attached hydrogen (secondary N) is 3. The minimum atomic E-state index is -0.861. The summed E-state index contributed by atoms with van der Waals surface area (Å²) in [6.45, 7) is 1.82. The van der Waals surface area contributed by atoms with Crippen molar-refractivity contribution in [3.05, 3.63) is 53.3 Å². The van der Waals surface area contributed by atoms with Gasteiger partial charge in [0.15, 0.2) is 11.6 Å². The van der Waals surface area contributed by atoms with E-state index >= 15 is 0 Å². The van der Waals surface area contributed by atoms with Crippen LogP contribution in [0.5, 0.6) is 5.75 Å². The summed E-state index contributed by atoms with van der Waals surface area (Å²) in [5.41, 5.74) is 2.84. The van der Waals surface area contributed by atoms with Gasteiger partial charge in [-0.3, -0.25) is 19.8 Å². The summed E-state index contributed by atoms with van der Waals surface area (Å²) in [6.07, 6.45) is 0. The highest BCUT2D eigenvalue weighted by Gasteiger charge is 2.34. The van der Waals surface area contributed by atoms with Crippen LogP contribution in [0.1, 0.15) is 27.7 Å². The van der Waals surface area contributed by atoms with Crippen LogP contribution in [-0.2, 0) is 11.3 Å². The van der Waals surface area contributed by atoms with Crippen molar-refractivity contribution in [2.75, 3.05) is 32.1 Å². The van der Waals surface area contributed by atoms with Crippen LogP contribution in [0, 0.1) is 0 Å². The molecule has 0 spiro atoms. The predicted octanol–water partition coefficient (Wildman–Crippen LogP) is 1.52. The fraction of sp³-hybridized carbons (Fsp3) is 0.261. The van der Waals surface area contributed by atoms with Gasteiger partial charge in [0, 0.05) is 38.3 Å². The monoisotopic (exact) mass is 478 g/mol. The molecule has 6 amide bonds. The van der Waals surface area contributed by atoms with Gasteiger partial charge in [-0.1, -0.05) is 6.07 Å². The van der Waals surface area contributed by atoms with Crippen molar-refractivity contribution in [2.24, 2.45) is 0 Å². The maximum Gasteiger partial charge on any atom is 0.323 e. The van der Waals surface area contributed by atoms with Gasteiger partial charge in [0.2, 0.25) is 0 Å². The summed E-state index contributed by atoms with van der Waals surface area (Å²) in [6, 6.07) is 8.94. The minimum Gasteiger partial charge on any atom is -0.497 e. The van der Waals surface area contributed by atoms with E-state index in [1.807, 2.05) is 12.1 Å². The third-order valence-corrected chi connectivity index (χ3v) is 5.87. The molecule has 0 aliphatic carbocycles. The second-order valence-corrected chi connectivity index (χ2v) is 8.17. The molecule has 3 aromatic rings. The number of aromatic nitrogens is 1. The van der Waals surface area contributed by atoms with Crippen molar-refractivity contribution in [3.8, 4) is 5.75 Å². The highest BCUT2D eigenvalue weighted by Crippen LogP contribution is 2.27. The Morgan fingerprint density at radius 2 is 1.94 bits per heavy atom. The molecule has 2 fully saturated rings. The molecule has 0 saturated carbocycles. The number of urea groups is 2. The molecule has 3 aliphatic rings. The van der Waals surface area contributed by atoms with Gasteiger partial charge in [0.05, 0.1) is 7.11 Å². The number of rotatable bonds is 3. The number of hydrogen-bond donors (Lipinski definition) is 3. The molecule has 1 atom stereocenters. The second-order valence-electron chi connectivity index (χ2n) is 8.17. The molecule has 1 unspecified atom stereocenters. The molecule has 3 aliphatic heterocycles. The number of hydrogen-bond acceptors (Lipinski definition) is 7. The zero-order valence-electron chi connectivity index (χ0n) is 19.0. The standard InChI is InChI=1S/C13H11N5O4.C10H11NO2/c19-11-10(16-12(20)17-11)8-5-6-7(22-8)1-2-9(15-6)18-4-3-14-13(18)21;1-11-6-7-3-4-8(13-2)5-9(7)10(11)12/h1-2,5,10H,3-4H2,(H,14,21)(H2,16,17,19,20);3-5H,6H2,1-2H3. The number of methoxy groups -OCH3 is 1. The molecule has 3 N–H and O–H groups in total. The smallest absolute Gasteiger partial charge is 0.323 e. The summed E-state index contributed by atoms with van der Waals surface area (Å²) >= 11 is 0. The van der Waals surface area contributed by atoms with E-state index < -0.39 is 18.0 Å². The van der Waals surface area contributed by atoms with Gasteiger partial charge in [0.1, 0.15) is 22.8 Å². The lowest BCUT2D eigenvalue weighted by Crippen LogP contribution is -2.28. The van der Waals surface area contributed by atoms with Crippen molar-refractivity contribution in [1.82, 2.24) is 25.8 Å². The van der Waals surface area contributed by atoms with Crippen molar-refractivity contribution >= 4 is 40.8 Å². The SMILES string of the molecule is COc1ccc2c(c1)C(=O)N(C)C2.O=C1NC(=O)C(c2cc3nc(N4CCNC4=O)ccc3o2)N1. The molecular weight excluding hydrogens is 456 g/mol. The van der Waals surface area contributed by atoms with Crippen molar-refractivity contribution in [1.29, 1.82) is 0 Å². The first-order valence-corrected chi connectivity index (χ1v) is 10.8. The zero-order chi connectivity index (χ0) is 24.7. The van der Waals surface area contributed by atoms with E-state index in [9.17, 15) is 19.2 Å². The average Bonchev–Trinajstić information content (AvgIpc) is 3.60. The zero-order valence-corrected chi connectivity index (χ0v) is 19.0. The number of carbonyl (C=O) groups is 4. The van der Waals surface area contributed by atoms with Gasteiger partial charge >= 0.3 is 12.1 Å². The van der Waals surface area contributed by atoms with Gasteiger partial charge < -0.3 is 24.7 Å². The number of ether oxygens (including phenoxy) is 1. The van der Waals surface area contributed by atoms with Crippen molar-refractivity contribution in [2.45, 2.75) is 12.6 Å². The van der Waals surface area contributed by atoms with Crippen molar-refractivity contribution in [3.63, 3.8) is 0 Å². The summed E-state index contributed by atoms with van der Waals surface area (Å²) in [5.74, 6) is 1.16. The number of nitrogens with zero attached hydrogens (tertiary/aromatic N) is 3. The topological polar surface area (TPSA) is 146 Å². The van der Waals surface area contributed by atoms with E-state index in [1.165, 1.54) is 4.90 Å². The Morgan fingerprint density at radius 1 is 1.11 bits per heavy atom. The van der Waals surface area contributed by atoms with Crippen LogP contribution in [0.15, 0.2) is 40.8 Å². The van der Waals surface area contributed by atoms with Crippen molar-refractivity contribution < 1.29 is 28.3 Å². The van der Waals surface area contributed by atoms with Crippen LogP contribution in [0.3, 0.4) is 0 Å². The van der Waals surface area contributed by atoms with Gasteiger partial charge in [-0.25, -0.2) is 14.6 Å². The molecule has 12 nitrogen and oxygen atoms in total. The van der Waals surface area contributed by atoms with E-state index in [-0.39, 0.29) is 11.9 Å². The summed E-state index contributed by atoms with van der Waals surface area (Å²) in [4.78, 5) is 53.6. The summed E-state index contributed by atoms with van der Waals surface area (Å²) in [7, 11) is 3.40. The molecule has 0 radical (unpaired) electrons. The summed E-state index contributed by atoms with van der Waals surface area (Å²) < 4.78 is 10.6. The maximum absolute atomic E-state index is 11.7.